The highest BCUT2D eigenvalue weighted by Gasteiger charge is 2.11. The zero-order valence-electron chi connectivity index (χ0n) is 12.1. The molecule has 4 nitrogen and oxygen atoms in total. The van der Waals surface area contributed by atoms with Crippen molar-refractivity contribution in [2.75, 3.05) is 5.32 Å². The van der Waals surface area contributed by atoms with Crippen LogP contribution in [0.4, 0.5) is 11.6 Å². The molecule has 6 heteroatoms. The summed E-state index contributed by atoms with van der Waals surface area (Å²) in [5, 5.41) is 4.24. The third-order valence-corrected chi connectivity index (χ3v) is 4.08. The molecule has 1 aromatic carbocycles. The highest BCUT2D eigenvalue weighted by Crippen LogP contribution is 2.32. The zero-order valence-corrected chi connectivity index (χ0v) is 13.7. The van der Waals surface area contributed by atoms with E-state index in [1.165, 1.54) is 5.56 Å². The largest absolute Gasteiger partial charge is 0.323 e. The van der Waals surface area contributed by atoms with Crippen LogP contribution in [0, 0.1) is 13.8 Å². The number of nitrogens with zero attached hydrogens (tertiary/aromatic N) is 3. The van der Waals surface area contributed by atoms with E-state index in [9.17, 15) is 0 Å². The molecule has 0 amide bonds. The van der Waals surface area contributed by atoms with Gasteiger partial charge in [-0.05, 0) is 43.2 Å². The van der Waals surface area contributed by atoms with Gasteiger partial charge >= 0.3 is 0 Å². The molecule has 0 aliphatic rings. The van der Waals surface area contributed by atoms with Gasteiger partial charge in [0.15, 0.2) is 0 Å². The fourth-order valence-corrected chi connectivity index (χ4v) is 2.54. The Morgan fingerprint density at radius 2 is 1.77 bits per heavy atom. The van der Waals surface area contributed by atoms with E-state index < -0.39 is 0 Å². The summed E-state index contributed by atoms with van der Waals surface area (Å²) in [5.41, 5.74) is 2.94. The van der Waals surface area contributed by atoms with Gasteiger partial charge in [-0.2, -0.15) is 0 Å². The van der Waals surface area contributed by atoms with Crippen LogP contribution in [0.15, 0.2) is 42.9 Å². The number of benzene rings is 1. The van der Waals surface area contributed by atoms with E-state index in [4.69, 9.17) is 23.2 Å². The van der Waals surface area contributed by atoms with Crippen molar-refractivity contribution in [2.24, 2.45) is 0 Å². The average molecular weight is 333 g/mol. The molecule has 0 saturated heterocycles. The van der Waals surface area contributed by atoms with Crippen LogP contribution in [0.1, 0.15) is 11.1 Å². The first-order valence-electron chi connectivity index (χ1n) is 6.74. The summed E-state index contributed by atoms with van der Waals surface area (Å²) in [6.45, 7) is 4.08. The maximum atomic E-state index is 6.19. The summed E-state index contributed by atoms with van der Waals surface area (Å²) in [6, 6.07) is 7.36. The summed E-state index contributed by atoms with van der Waals surface area (Å²) in [7, 11) is 0. The Labute approximate surface area is 138 Å². The molecule has 0 fully saturated rings. The lowest BCUT2D eigenvalue weighted by atomic mass is 10.2. The molecule has 3 rings (SSSR count). The van der Waals surface area contributed by atoms with Crippen molar-refractivity contribution in [2.45, 2.75) is 13.8 Å². The normalized spacial score (nSPS) is 10.7. The number of para-hydroxylation sites is 1. The third kappa shape index (κ3) is 2.80. The molecule has 0 radical (unpaired) electrons. The molecule has 3 aromatic rings. The minimum absolute atomic E-state index is 0.537. The van der Waals surface area contributed by atoms with Crippen LogP contribution < -0.4 is 5.32 Å². The van der Waals surface area contributed by atoms with Gasteiger partial charge < -0.3 is 5.32 Å². The monoisotopic (exact) mass is 332 g/mol. The second-order valence-electron chi connectivity index (χ2n) is 4.97. The second-order valence-corrected chi connectivity index (χ2v) is 5.78. The van der Waals surface area contributed by atoms with E-state index in [0.717, 1.165) is 11.4 Å². The van der Waals surface area contributed by atoms with Crippen molar-refractivity contribution in [3.05, 3.63) is 64.0 Å². The number of halogens is 2. The number of imidazole rings is 1. The summed E-state index contributed by atoms with van der Waals surface area (Å²) in [4.78, 5) is 8.76. The summed E-state index contributed by atoms with van der Waals surface area (Å²) in [6.07, 6.45) is 5.38. The predicted octanol–water partition coefficient (Wildman–Crippen LogP) is 4.93. The molecule has 0 unspecified atom stereocenters. The molecule has 22 heavy (non-hydrogen) atoms. The number of hydrogen-bond donors (Lipinski definition) is 1. The van der Waals surface area contributed by atoms with Gasteiger partial charge in [0, 0.05) is 18.6 Å². The molecule has 2 heterocycles. The molecule has 2 aromatic heterocycles. The molecule has 0 aliphatic carbocycles. The van der Waals surface area contributed by atoms with E-state index >= 15 is 0 Å². The number of anilines is 2. The van der Waals surface area contributed by atoms with E-state index in [-0.39, 0.29) is 0 Å². The lowest BCUT2D eigenvalue weighted by Gasteiger charge is -2.12. The van der Waals surface area contributed by atoms with Gasteiger partial charge in [0.05, 0.1) is 15.7 Å². The summed E-state index contributed by atoms with van der Waals surface area (Å²) < 4.78 is 1.85. The van der Waals surface area contributed by atoms with Crippen molar-refractivity contribution < 1.29 is 0 Å². The van der Waals surface area contributed by atoms with Gasteiger partial charge in [-0.3, -0.25) is 4.57 Å². The van der Waals surface area contributed by atoms with E-state index in [1.54, 1.807) is 24.4 Å². The zero-order chi connectivity index (χ0) is 15.7. The first kappa shape index (κ1) is 14.9. The molecular weight excluding hydrogens is 319 g/mol. The van der Waals surface area contributed by atoms with Crippen molar-refractivity contribution in [3.8, 4) is 5.82 Å². The van der Waals surface area contributed by atoms with Crippen molar-refractivity contribution >= 4 is 34.8 Å². The van der Waals surface area contributed by atoms with E-state index in [1.807, 2.05) is 30.0 Å². The SMILES string of the molecule is Cc1cnc(-n2ccnc2Nc2c(Cl)cccc2Cl)cc1C. The van der Waals surface area contributed by atoms with E-state index in [2.05, 4.69) is 22.2 Å². The minimum Gasteiger partial charge on any atom is -0.323 e. The Hall–Kier alpha value is -2.04. The lowest BCUT2D eigenvalue weighted by Crippen LogP contribution is -2.04. The van der Waals surface area contributed by atoms with Gasteiger partial charge in [-0.15, -0.1) is 0 Å². The number of pyridine rings is 1. The molecule has 0 bridgehead atoms. The highest BCUT2D eigenvalue weighted by atomic mass is 35.5. The number of rotatable bonds is 3. The topological polar surface area (TPSA) is 42.7 Å². The Kier molecular flexibility index (Phi) is 4.05. The van der Waals surface area contributed by atoms with Gasteiger partial charge in [-0.1, -0.05) is 29.3 Å². The van der Waals surface area contributed by atoms with Crippen molar-refractivity contribution in [3.63, 3.8) is 0 Å². The highest BCUT2D eigenvalue weighted by molar-refractivity contribution is 6.39. The molecule has 1 N–H and O–H groups in total. The second kappa shape index (κ2) is 5.99. The minimum atomic E-state index is 0.537. The van der Waals surface area contributed by atoms with Crippen LogP contribution in [0.3, 0.4) is 0 Å². The van der Waals surface area contributed by atoms with Crippen LogP contribution in [-0.2, 0) is 0 Å². The molecule has 0 spiro atoms. The Bertz CT molecular complexity index is 807. The van der Waals surface area contributed by atoms with E-state index in [0.29, 0.717) is 21.7 Å². The van der Waals surface area contributed by atoms with Gasteiger partial charge in [0.25, 0.3) is 0 Å². The van der Waals surface area contributed by atoms with Crippen LogP contribution in [0.25, 0.3) is 5.82 Å². The molecule has 0 atom stereocenters. The Morgan fingerprint density at radius 3 is 2.45 bits per heavy atom. The number of aryl methyl sites for hydroxylation is 2. The Morgan fingerprint density at radius 1 is 1.05 bits per heavy atom. The van der Waals surface area contributed by atoms with Crippen LogP contribution >= 0.6 is 23.2 Å². The van der Waals surface area contributed by atoms with Gasteiger partial charge in [0.1, 0.15) is 5.82 Å². The fourth-order valence-electron chi connectivity index (χ4n) is 2.05. The summed E-state index contributed by atoms with van der Waals surface area (Å²) >= 11 is 12.4. The quantitative estimate of drug-likeness (QED) is 0.739. The average Bonchev–Trinajstić information content (AvgIpc) is 2.94. The molecule has 112 valence electrons. The summed E-state index contributed by atoms with van der Waals surface area (Å²) in [5.74, 6) is 1.39. The van der Waals surface area contributed by atoms with Gasteiger partial charge in [0.2, 0.25) is 5.95 Å². The smallest absolute Gasteiger partial charge is 0.213 e. The first-order chi connectivity index (χ1) is 10.6. The maximum absolute atomic E-state index is 6.19. The van der Waals surface area contributed by atoms with Crippen molar-refractivity contribution in [1.82, 2.24) is 14.5 Å². The third-order valence-electron chi connectivity index (χ3n) is 3.45. The van der Waals surface area contributed by atoms with Gasteiger partial charge in [-0.25, -0.2) is 9.97 Å². The number of hydrogen-bond acceptors (Lipinski definition) is 3. The predicted molar refractivity (Wildman–Crippen MR) is 90.6 cm³/mol. The van der Waals surface area contributed by atoms with Crippen molar-refractivity contribution in [1.29, 1.82) is 0 Å². The number of nitrogens with one attached hydrogen (secondary N) is 1. The molecule has 0 aliphatic heterocycles. The maximum Gasteiger partial charge on any atom is 0.213 e. The lowest BCUT2D eigenvalue weighted by molar-refractivity contribution is 0.988. The fraction of sp³-hybridized carbons (Fsp3) is 0.125. The van der Waals surface area contributed by atoms with Crippen LogP contribution in [-0.4, -0.2) is 14.5 Å². The molecule has 0 saturated carbocycles. The van der Waals surface area contributed by atoms with Crippen LogP contribution in [0.5, 0.6) is 0 Å². The Balaban J connectivity index is 2.00. The number of aromatic nitrogens is 3. The molecular formula is C16H14Cl2N4. The first-order valence-corrected chi connectivity index (χ1v) is 7.50. The standard InChI is InChI=1S/C16H14Cl2N4/c1-10-8-14(20-9-11(10)2)22-7-6-19-16(22)21-15-12(17)4-3-5-13(15)18/h3-9H,1-2H3,(H,19,21). The van der Waals surface area contributed by atoms with Crippen LogP contribution in [0.2, 0.25) is 10.0 Å².